The molecule has 1 amide bonds. The van der Waals surface area contributed by atoms with E-state index in [1.54, 1.807) is 12.1 Å². The first kappa shape index (κ1) is 58.1. The van der Waals surface area contributed by atoms with Crippen molar-refractivity contribution in [2.24, 2.45) is 0 Å². The van der Waals surface area contributed by atoms with E-state index in [9.17, 15) is 24.3 Å². The molecule has 2 atom stereocenters. The first-order valence-corrected chi connectivity index (χ1v) is 27.7. The van der Waals surface area contributed by atoms with E-state index in [-0.39, 0.29) is 41.0 Å². The normalized spacial score (nSPS) is 14.0. The predicted molar refractivity (Wildman–Crippen MR) is 312 cm³/mol. The van der Waals surface area contributed by atoms with Gasteiger partial charge in [0.1, 0.15) is 11.0 Å². The molecule has 0 radical (unpaired) electrons. The van der Waals surface area contributed by atoms with Crippen LogP contribution >= 0.6 is 0 Å². The Morgan fingerprint density at radius 2 is 1.10 bits per heavy atom. The molecule has 0 fully saturated rings. The zero-order valence-electron chi connectivity index (χ0n) is 48.2. The van der Waals surface area contributed by atoms with Gasteiger partial charge in [0.05, 0.1) is 36.5 Å². The summed E-state index contributed by atoms with van der Waals surface area (Å²) in [7, 11) is 1.44. The number of nitrogens with one attached hydrogen (secondary N) is 1. The van der Waals surface area contributed by atoms with Gasteiger partial charge in [-0.15, -0.1) is 10.2 Å². The molecule has 2 aliphatic heterocycles. The SMILES string of the molecule is CC(C)(C)c1ccc(C(=O)O)cc1.CCn1nnc2c(C)c(C(CC(=O)O)c3ccc4c(c3)CN(C(=O)c3ccc(C(C)(C)C)cc3)CC4)ccc21.CCn1nnc2c(C)c(C(CC(=O)OC)c3ccc4c(c3)CNCC4)ccc21. The maximum Gasteiger partial charge on any atom is 0.335 e. The third-order valence-electron chi connectivity index (χ3n) is 15.7. The van der Waals surface area contributed by atoms with Crippen LogP contribution in [-0.2, 0) is 64.2 Å². The van der Waals surface area contributed by atoms with Crippen LogP contribution < -0.4 is 5.32 Å². The van der Waals surface area contributed by atoms with Crippen molar-refractivity contribution in [1.29, 1.82) is 0 Å². The van der Waals surface area contributed by atoms with Crippen LogP contribution in [-0.4, -0.2) is 89.1 Å². The van der Waals surface area contributed by atoms with Crippen LogP contribution in [0.25, 0.3) is 22.1 Å². The number of fused-ring (bicyclic) bond motifs is 4. The van der Waals surface area contributed by atoms with Gasteiger partial charge in [-0.1, -0.05) is 125 Å². The fourth-order valence-corrected chi connectivity index (χ4v) is 10.9. The van der Waals surface area contributed by atoms with Gasteiger partial charge >= 0.3 is 17.9 Å². The number of carboxylic acid groups (broad SMARTS) is 2. The number of amides is 1. The quantitative estimate of drug-likeness (QED) is 0.0981. The molecule has 6 aromatic carbocycles. The van der Waals surface area contributed by atoms with E-state index in [0.29, 0.717) is 37.2 Å². The van der Waals surface area contributed by atoms with Crippen LogP contribution in [0.4, 0.5) is 0 Å². The molecule has 10 rings (SSSR count). The maximum atomic E-state index is 13.4. The molecule has 418 valence electrons. The zero-order chi connectivity index (χ0) is 57.6. The molecule has 0 saturated carbocycles. The number of aromatic nitrogens is 6. The second-order valence-corrected chi connectivity index (χ2v) is 23.0. The van der Waals surface area contributed by atoms with Gasteiger partial charge in [-0.2, -0.15) is 0 Å². The third-order valence-corrected chi connectivity index (χ3v) is 15.7. The lowest BCUT2D eigenvalue weighted by molar-refractivity contribution is -0.141. The fraction of sp³-hybridized carbons (Fsp3) is 0.385. The second-order valence-electron chi connectivity index (χ2n) is 23.0. The third kappa shape index (κ3) is 13.0. The topological polar surface area (TPSA) is 195 Å². The summed E-state index contributed by atoms with van der Waals surface area (Å²) < 4.78 is 8.74. The molecule has 0 aliphatic carbocycles. The number of carbonyl (C=O) groups is 4. The van der Waals surface area contributed by atoms with Gasteiger partial charge < -0.3 is 25.2 Å². The Labute approximate surface area is 469 Å². The number of carbonyl (C=O) groups excluding carboxylic acids is 2. The number of hydrogen-bond donors (Lipinski definition) is 3. The molecular weight excluding hydrogens is 1000 g/mol. The van der Waals surface area contributed by atoms with E-state index in [4.69, 9.17) is 9.84 Å². The number of ether oxygens (including phenoxy) is 1. The van der Waals surface area contributed by atoms with E-state index >= 15 is 0 Å². The summed E-state index contributed by atoms with van der Waals surface area (Å²) in [4.78, 5) is 50.0. The minimum Gasteiger partial charge on any atom is -0.481 e. The summed E-state index contributed by atoms with van der Waals surface area (Å²) >= 11 is 0. The van der Waals surface area contributed by atoms with Crippen LogP contribution in [0.15, 0.2) is 109 Å². The Balaban J connectivity index is 0.000000178. The first-order valence-electron chi connectivity index (χ1n) is 27.7. The van der Waals surface area contributed by atoms with E-state index in [0.717, 1.165) is 99.1 Å². The van der Waals surface area contributed by atoms with Gasteiger partial charge in [0.25, 0.3) is 5.91 Å². The second kappa shape index (κ2) is 24.5. The number of rotatable bonds is 12. The molecule has 8 aromatic rings. The van der Waals surface area contributed by atoms with Gasteiger partial charge in [0.15, 0.2) is 0 Å². The van der Waals surface area contributed by atoms with Crippen molar-refractivity contribution in [3.8, 4) is 0 Å². The lowest BCUT2D eigenvalue weighted by Crippen LogP contribution is -2.36. The summed E-state index contributed by atoms with van der Waals surface area (Å²) in [5.74, 6) is -2.33. The minimum absolute atomic E-state index is 0.0221. The molecule has 15 heteroatoms. The number of hydrogen-bond acceptors (Lipinski definition) is 10. The van der Waals surface area contributed by atoms with Gasteiger partial charge in [-0.3, -0.25) is 14.4 Å². The highest BCUT2D eigenvalue weighted by atomic mass is 16.5. The lowest BCUT2D eigenvalue weighted by Gasteiger charge is -2.30. The molecule has 2 aliphatic rings. The Kier molecular flexibility index (Phi) is 17.8. The van der Waals surface area contributed by atoms with E-state index in [1.807, 2.05) is 82.7 Å². The minimum atomic E-state index is -0.875. The summed E-state index contributed by atoms with van der Waals surface area (Å²) in [5, 5.41) is 39.2. The molecule has 0 saturated heterocycles. The molecule has 2 unspecified atom stereocenters. The summed E-state index contributed by atoms with van der Waals surface area (Å²) in [5.41, 5.74) is 18.3. The van der Waals surface area contributed by atoms with Crippen molar-refractivity contribution in [2.45, 2.75) is 144 Å². The number of aromatic carboxylic acids is 1. The Morgan fingerprint density at radius 3 is 1.57 bits per heavy atom. The number of methoxy groups -OCH3 is 1. The average molecular weight is 1080 g/mol. The van der Waals surface area contributed by atoms with Crippen molar-refractivity contribution in [2.75, 3.05) is 20.2 Å². The van der Waals surface area contributed by atoms with Gasteiger partial charge in [-0.05, 0) is 161 Å². The fourth-order valence-electron chi connectivity index (χ4n) is 10.9. The molecule has 0 spiro atoms. The number of aliphatic carboxylic acids is 1. The Morgan fingerprint density at radius 1 is 0.613 bits per heavy atom. The molecule has 3 N–H and O–H groups in total. The van der Waals surface area contributed by atoms with E-state index in [2.05, 4.69) is 124 Å². The highest BCUT2D eigenvalue weighted by Gasteiger charge is 2.28. The summed E-state index contributed by atoms with van der Waals surface area (Å²) in [6.45, 7) is 25.5. The van der Waals surface area contributed by atoms with Gasteiger partial charge in [0.2, 0.25) is 0 Å². The number of esters is 1. The molecule has 0 bridgehead atoms. The summed E-state index contributed by atoms with van der Waals surface area (Å²) in [6, 6.07) is 35.9. The number of aryl methyl sites for hydroxylation is 4. The predicted octanol–water partition coefficient (Wildman–Crippen LogP) is 11.6. The molecule has 4 heterocycles. The smallest absolute Gasteiger partial charge is 0.335 e. The first-order chi connectivity index (χ1) is 38.1. The van der Waals surface area contributed by atoms with Crippen LogP contribution in [0.1, 0.15) is 168 Å². The van der Waals surface area contributed by atoms with Crippen LogP contribution in [0.3, 0.4) is 0 Å². The average Bonchev–Trinajstić information content (AvgIpc) is 4.09. The van der Waals surface area contributed by atoms with Crippen molar-refractivity contribution in [3.05, 3.63) is 187 Å². The van der Waals surface area contributed by atoms with Crippen molar-refractivity contribution >= 4 is 45.9 Å². The van der Waals surface area contributed by atoms with Crippen LogP contribution in [0, 0.1) is 13.8 Å². The van der Waals surface area contributed by atoms with Crippen molar-refractivity contribution in [1.82, 2.24) is 40.2 Å². The largest absolute Gasteiger partial charge is 0.481 e. The van der Waals surface area contributed by atoms with Crippen LogP contribution in [0.2, 0.25) is 0 Å². The highest BCUT2D eigenvalue weighted by Crippen LogP contribution is 2.37. The van der Waals surface area contributed by atoms with Gasteiger partial charge in [0, 0.05) is 50.1 Å². The van der Waals surface area contributed by atoms with Crippen LogP contribution in [0.5, 0.6) is 0 Å². The summed E-state index contributed by atoms with van der Waals surface area (Å²) in [6.07, 6.45) is 2.09. The molecular formula is C65H76N8O7. The zero-order valence-corrected chi connectivity index (χ0v) is 48.2. The monoisotopic (exact) mass is 1080 g/mol. The molecule has 15 nitrogen and oxygen atoms in total. The maximum absolute atomic E-state index is 13.4. The lowest BCUT2D eigenvalue weighted by atomic mass is 9.83. The Bertz CT molecular complexity index is 3550. The molecule has 2 aromatic heterocycles. The Hall–Kier alpha value is -8.04. The highest BCUT2D eigenvalue weighted by molar-refractivity contribution is 5.94. The van der Waals surface area contributed by atoms with Crippen molar-refractivity contribution < 1.29 is 34.1 Å². The number of nitrogens with zero attached hydrogens (tertiary/aromatic N) is 7. The molecule has 80 heavy (non-hydrogen) atoms. The van der Waals surface area contributed by atoms with E-state index < -0.39 is 11.9 Å². The van der Waals surface area contributed by atoms with E-state index in [1.165, 1.54) is 29.4 Å². The number of benzene rings is 6. The number of carboxylic acids is 2. The van der Waals surface area contributed by atoms with Gasteiger partial charge in [-0.25, -0.2) is 14.2 Å². The van der Waals surface area contributed by atoms with Crippen molar-refractivity contribution in [3.63, 3.8) is 0 Å². The standard InChI is InChI=1S/C32H36N4O3.C22H26N4O2.C11H14O2/c1-6-36-28-14-13-26(20(2)30(28)33-34-36)27(18-29(37)38)23-8-7-21-15-16-35(19-24(21)17-23)31(39)22-9-11-25(12-10-22)32(3,4)5;1-4-26-20-8-7-18(14(2)22(20)24-25-26)19(12-21(27)28-3)16-6-5-15-9-10-23-13-17(15)11-16;1-11(2,3)9-6-4-8(5-7-9)10(12)13/h7-14,17,27H,6,15-16,18-19H2,1-5H3,(H,37,38);5-8,11,19,23H,4,9-10,12-13H2,1-3H3;4-7H,1-3H3,(H,12,13).